The lowest BCUT2D eigenvalue weighted by Crippen LogP contribution is -2.05. The van der Waals surface area contributed by atoms with Crippen LogP contribution >= 0.6 is 11.3 Å². The molecule has 2 aromatic rings. The Morgan fingerprint density at radius 3 is 2.93 bits per heavy atom. The SMILES string of the molecule is Cc1nc(C(=O)O)nc2scc(N)c12. The van der Waals surface area contributed by atoms with E-state index in [-0.39, 0.29) is 5.82 Å². The van der Waals surface area contributed by atoms with Crippen LogP contribution in [0.2, 0.25) is 0 Å². The van der Waals surface area contributed by atoms with Crippen LogP contribution in [0.5, 0.6) is 0 Å². The molecular weight excluding hydrogens is 202 g/mol. The Hall–Kier alpha value is -1.69. The Kier molecular flexibility index (Phi) is 1.85. The van der Waals surface area contributed by atoms with Crippen LogP contribution in [0, 0.1) is 6.92 Å². The number of carbonyl (C=O) groups is 1. The van der Waals surface area contributed by atoms with Gasteiger partial charge in [-0.15, -0.1) is 11.3 Å². The minimum Gasteiger partial charge on any atom is -0.475 e. The molecule has 14 heavy (non-hydrogen) atoms. The number of nitrogen functional groups attached to an aromatic ring is 1. The molecule has 72 valence electrons. The molecule has 0 saturated heterocycles. The highest BCUT2D eigenvalue weighted by Crippen LogP contribution is 2.28. The highest BCUT2D eigenvalue weighted by atomic mass is 32.1. The molecule has 6 heteroatoms. The third kappa shape index (κ3) is 1.20. The van der Waals surface area contributed by atoms with Crippen molar-refractivity contribution in [3.63, 3.8) is 0 Å². The molecule has 5 nitrogen and oxygen atoms in total. The Morgan fingerprint density at radius 1 is 1.57 bits per heavy atom. The Labute approximate surface area is 83.2 Å². The number of aromatic carboxylic acids is 1. The van der Waals surface area contributed by atoms with Crippen LogP contribution in [0.3, 0.4) is 0 Å². The zero-order valence-corrected chi connectivity index (χ0v) is 8.13. The number of anilines is 1. The highest BCUT2D eigenvalue weighted by Gasteiger charge is 2.13. The summed E-state index contributed by atoms with van der Waals surface area (Å²) in [5.74, 6) is -1.31. The lowest BCUT2D eigenvalue weighted by Gasteiger charge is -1.98. The fraction of sp³-hybridized carbons (Fsp3) is 0.125. The van der Waals surface area contributed by atoms with Gasteiger partial charge in [-0.3, -0.25) is 0 Å². The Morgan fingerprint density at radius 2 is 2.29 bits per heavy atom. The molecule has 0 saturated carbocycles. The summed E-state index contributed by atoms with van der Waals surface area (Å²) in [6, 6.07) is 0. The van der Waals surface area contributed by atoms with Crippen LogP contribution in [-0.2, 0) is 0 Å². The van der Waals surface area contributed by atoms with Gasteiger partial charge in [0, 0.05) is 5.38 Å². The van der Waals surface area contributed by atoms with Crippen LogP contribution in [0.25, 0.3) is 10.2 Å². The molecule has 0 aliphatic rings. The minimum atomic E-state index is -1.12. The van der Waals surface area contributed by atoms with E-state index in [9.17, 15) is 4.79 Å². The van der Waals surface area contributed by atoms with Crippen molar-refractivity contribution in [2.75, 3.05) is 5.73 Å². The molecule has 2 heterocycles. The summed E-state index contributed by atoms with van der Waals surface area (Å²) >= 11 is 1.32. The van der Waals surface area contributed by atoms with Crippen molar-refractivity contribution in [3.05, 3.63) is 16.9 Å². The summed E-state index contributed by atoms with van der Waals surface area (Å²) in [4.78, 5) is 19.0. The van der Waals surface area contributed by atoms with Crippen molar-refractivity contribution in [2.24, 2.45) is 0 Å². The topological polar surface area (TPSA) is 89.1 Å². The first-order valence-electron chi connectivity index (χ1n) is 3.84. The molecule has 0 fully saturated rings. The number of hydrogen-bond donors (Lipinski definition) is 2. The highest BCUT2D eigenvalue weighted by molar-refractivity contribution is 7.17. The number of carboxylic acids is 1. The quantitative estimate of drug-likeness (QED) is 0.738. The van der Waals surface area contributed by atoms with Gasteiger partial charge in [-0.05, 0) is 6.92 Å². The van der Waals surface area contributed by atoms with E-state index in [1.54, 1.807) is 12.3 Å². The standard InChI is InChI=1S/C8H7N3O2S/c1-3-5-4(9)2-14-7(5)11-6(10-3)8(12)13/h2H,9H2,1H3,(H,12,13). The van der Waals surface area contributed by atoms with E-state index in [0.717, 1.165) is 5.39 Å². The molecule has 0 bridgehead atoms. The van der Waals surface area contributed by atoms with E-state index < -0.39 is 5.97 Å². The minimum absolute atomic E-state index is 0.183. The number of nitrogens with two attached hydrogens (primary N) is 1. The summed E-state index contributed by atoms with van der Waals surface area (Å²) < 4.78 is 0. The fourth-order valence-corrected chi connectivity index (χ4v) is 2.12. The summed E-state index contributed by atoms with van der Waals surface area (Å²) in [5.41, 5.74) is 6.89. The zero-order valence-electron chi connectivity index (χ0n) is 7.31. The van der Waals surface area contributed by atoms with Crippen molar-refractivity contribution in [1.29, 1.82) is 0 Å². The number of thiophene rings is 1. The van der Waals surface area contributed by atoms with Crippen molar-refractivity contribution < 1.29 is 9.90 Å². The molecule has 2 aromatic heterocycles. The lowest BCUT2D eigenvalue weighted by atomic mass is 10.3. The molecule has 0 amide bonds. The molecular formula is C8H7N3O2S. The molecule has 0 spiro atoms. The van der Waals surface area contributed by atoms with Gasteiger partial charge in [0.15, 0.2) is 0 Å². The van der Waals surface area contributed by atoms with Crippen LogP contribution in [0.4, 0.5) is 5.69 Å². The van der Waals surface area contributed by atoms with E-state index >= 15 is 0 Å². The predicted octanol–water partition coefficient (Wildman–Crippen LogP) is 1.28. The van der Waals surface area contributed by atoms with E-state index in [4.69, 9.17) is 10.8 Å². The van der Waals surface area contributed by atoms with Gasteiger partial charge in [0.1, 0.15) is 4.83 Å². The van der Waals surface area contributed by atoms with Gasteiger partial charge in [-0.25, -0.2) is 14.8 Å². The van der Waals surface area contributed by atoms with Gasteiger partial charge in [-0.2, -0.15) is 0 Å². The van der Waals surface area contributed by atoms with Crippen LogP contribution in [-0.4, -0.2) is 21.0 Å². The van der Waals surface area contributed by atoms with E-state index in [2.05, 4.69) is 9.97 Å². The fourth-order valence-electron chi connectivity index (χ4n) is 1.24. The number of hydrogen-bond acceptors (Lipinski definition) is 5. The third-order valence-corrected chi connectivity index (χ3v) is 2.72. The van der Waals surface area contributed by atoms with Crippen LogP contribution < -0.4 is 5.73 Å². The van der Waals surface area contributed by atoms with Crippen LogP contribution in [0.1, 0.15) is 16.3 Å². The van der Waals surface area contributed by atoms with Gasteiger partial charge < -0.3 is 10.8 Å². The third-order valence-electron chi connectivity index (χ3n) is 1.83. The number of rotatable bonds is 1. The van der Waals surface area contributed by atoms with Crippen molar-refractivity contribution in [3.8, 4) is 0 Å². The first kappa shape index (κ1) is 8.89. The smallest absolute Gasteiger partial charge is 0.373 e. The maximum atomic E-state index is 10.7. The van der Waals surface area contributed by atoms with Gasteiger partial charge in [0.25, 0.3) is 0 Å². The molecule has 0 aliphatic carbocycles. The number of carboxylic acid groups (broad SMARTS) is 1. The van der Waals surface area contributed by atoms with Crippen molar-refractivity contribution in [2.45, 2.75) is 6.92 Å². The second-order valence-electron chi connectivity index (χ2n) is 2.81. The average Bonchev–Trinajstić information content (AvgIpc) is 2.48. The maximum absolute atomic E-state index is 10.7. The second-order valence-corrected chi connectivity index (χ2v) is 3.67. The summed E-state index contributed by atoms with van der Waals surface area (Å²) in [6.07, 6.45) is 0. The Balaban J connectivity index is 2.80. The van der Waals surface area contributed by atoms with Crippen molar-refractivity contribution in [1.82, 2.24) is 9.97 Å². The van der Waals surface area contributed by atoms with Gasteiger partial charge in [0.2, 0.25) is 5.82 Å². The number of aryl methyl sites for hydroxylation is 1. The largest absolute Gasteiger partial charge is 0.475 e. The van der Waals surface area contributed by atoms with E-state index in [1.807, 2.05) is 0 Å². The van der Waals surface area contributed by atoms with Crippen LogP contribution in [0.15, 0.2) is 5.38 Å². The molecule has 0 atom stereocenters. The Bertz CT molecular complexity index is 521. The first-order chi connectivity index (χ1) is 6.59. The summed E-state index contributed by atoms with van der Waals surface area (Å²) in [6.45, 7) is 1.72. The van der Waals surface area contributed by atoms with E-state index in [0.29, 0.717) is 16.2 Å². The average molecular weight is 209 g/mol. The summed E-state index contributed by atoms with van der Waals surface area (Å²) in [5, 5.41) is 11.2. The monoisotopic (exact) mass is 209 g/mol. The van der Waals surface area contributed by atoms with Gasteiger partial charge >= 0.3 is 5.97 Å². The molecule has 0 aromatic carbocycles. The number of nitrogens with zero attached hydrogens (tertiary/aromatic N) is 2. The normalized spacial score (nSPS) is 10.6. The summed E-state index contributed by atoms with van der Waals surface area (Å²) in [7, 11) is 0. The molecule has 0 unspecified atom stereocenters. The molecule has 2 rings (SSSR count). The number of aromatic nitrogens is 2. The lowest BCUT2D eigenvalue weighted by molar-refractivity contribution is 0.0684. The number of fused-ring (bicyclic) bond motifs is 1. The molecule has 3 N–H and O–H groups in total. The predicted molar refractivity (Wildman–Crippen MR) is 53.5 cm³/mol. The zero-order chi connectivity index (χ0) is 10.3. The van der Waals surface area contributed by atoms with Crippen molar-refractivity contribution >= 4 is 33.2 Å². The van der Waals surface area contributed by atoms with Gasteiger partial charge in [-0.1, -0.05) is 0 Å². The first-order valence-corrected chi connectivity index (χ1v) is 4.72. The molecule has 0 aliphatic heterocycles. The molecule has 0 radical (unpaired) electrons. The maximum Gasteiger partial charge on any atom is 0.373 e. The second kappa shape index (κ2) is 2.91. The van der Waals surface area contributed by atoms with Gasteiger partial charge in [0.05, 0.1) is 16.8 Å². The van der Waals surface area contributed by atoms with E-state index in [1.165, 1.54) is 11.3 Å².